The number of aromatic nitrogens is 3. The Morgan fingerprint density at radius 1 is 1.16 bits per heavy atom. The molecule has 1 saturated heterocycles. The quantitative estimate of drug-likeness (QED) is 0.435. The lowest BCUT2D eigenvalue weighted by molar-refractivity contribution is 0.0697. The van der Waals surface area contributed by atoms with Gasteiger partial charge in [0.05, 0.1) is 25.9 Å². The van der Waals surface area contributed by atoms with Crippen molar-refractivity contribution in [1.82, 2.24) is 19.7 Å². The molecule has 0 unspecified atom stereocenters. The van der Waals surface area contributed by atoms with Crippen molar-refractivity contribution in [3.05, 3.63) is 86.2 Å². The predicted molar refractivity (Wildman–Crippen MR) is 127 cm³/mol. The van der Waals surface area contributed by atoms with E-state index in [1.165, 1.54) is 6.07 Å². The molecule has 0 aliphatic carbocycles. The van der Waals surface area contributed by atoms with Gasteiger partial charge >= 0.3 is 0 Å². The summed E-state index contributed by atoms with van der Waals surface area (Å²) in [7, 11) is 0. The molecule has 0 spiro atoms. The molecule has 1 aliphatic heterocycles. The van der Waals surface area contributed by atoms with Crippen molar-refractivity contribution in [1.29, 1.82) is 0 Å². The maximum Gasteiger partial charge on any atom is 0.278 e. The first kappa shape index (κ1) is 20.8. The first-order valence-corrected chi connectivity index (χ1v) is 11.7. The summed E-state index contributed by atoms with van der Waals surface area (Å²) in [6, 6.07) is 16.7. The highest BCUT2D eigenvalue weighted by molar-refractivity contribution is 7.18. The lowest BCUT2D eigenvalue weighted by atomic mass is 9.98. The van der Waals surface area contributed by atoms with E-state index in [-0.39, 0.29) is 22.9 Å². The van der Waals surface area contributed by atoms with Crippen LogP contribution < -0.4 is 5.43 Å². The number of fused-ring (bicyclic) bond motifs is 1. The molecule has 8 heteroatoms. The summed E-state index contributed by atoms with van der Waals surface area (Å²) in [5, 5.41) is 5.96. The molecular formula is C24H21ClN4O2S. The van der Waals surface area contributed by atoms with E-state index in [0.29, 0.717) is 29.5 Å². The van der Waals surface area contributed by atoms with Gasteiger partial charge in [-0.2, -0.15) is 5.10 Å². The summed E-state index contributed by atoms with van der Waals surface area (Å²) in [4.78, 5) is 32.6. The molecule has 0 radical (unpaired) electrons. The molecular weight excluding hydrogens is 444 g/mol. The largest absolute Gasteiger partial charge is 0.336 e. The summed E-state index contributed by atoms with van der Waals surface area (Å²) in [5.41, 5.74) is 1.77. The number of carbonyl (C=O) groups is 1. The number of nitrogens with zero attached hydrogens (tertiary/aromatic N) is 4. The van der Waals surface area contributed by atoms with Crippen LogP contribution in [0, 0.1) is 6.92 Å². The number of amides is 1. The Morgan fingerprint density at radius 2 is 1.94 bits per heavy atom. The van der Waals surface area contributed by atoms with Gasteiger partial charge in [0.15, 0.2) is 5.69 Å². The Balaban J connectivity index is 1.45. The molecule has 1 fully saturated rings. The minimum Gasteiger partial charge on any atom is -0.336 e. The summed E-state index contributed by atoms with van der Waals surface area (Å²) in [5.74, 6) is -0.192. The Morgan fingerprint density at radius 3 is 2.75 bits per heavy atom. The van der Waals surface area contributed by atoms with Crippen LogP contribution in [0.4, 0.5) is 0 Å². The molecule has 4 aromatic rings. The van der Waals surface area contributed by atoms with Crippen LogP contribution in [0.1, 0.15) is 39.9 Å². The summed E-state index contributed by atoms with van der Waals surface area (Å²) >= 11 is 8.01. The number of piperidine rings is 1. The number of halogens is 1. The fourth-order valence-electron chi connectivity index (χ4n) is 4.14. The van der Waals surface area contributed by atoms with Gasteiger partial charge in [0, 0.05) is 30.8 Å². The fraction of sp³-hybridized carbons (Fsp3) is 0.250. The first-order valence-electron chi connectivity index (χ1n) is 10.5. The van der Waals surface area contributed by atoms with Crippen LogP contribution in [0.2, 0.25) is 5.02 Å². The van der Waals surface area contributed by atoms with Gasteiger partial charge in [0.25, 0.3) is 5.91 Å². The molecule has 2 aromatic carbocycles. The molecule has 1 amide bonds. The number of aryl methyl sites for hydroxylation is 1. The van der Waals surface area contributed by atoms with E-state index in [9.17, 15) is 9.59 Å². The lowest BCUT2D eigenvalue weighted by Crippen LogP contribution is -2.42. The number of benzene rings is 2. The van der Waals surface area contributed by atoms with Crippen molar-refractivity contribution in [3.63, 3.8) is 0 Å². The van der Waals surface area contributed by atoms with Crippen molar-refractivity contribution in [2.45, 2.75) is 25.7 Å². The number of para-hydroxylation sites is 2. The predicted octanol–water partition coefficient (Wildman–Crippen LogP) is 4.82. The third-order valence-electron chi connectivity index (χ3n) is 5.76. The van der Waals surface area contributed by atoms with Gasteiger partial charge in [-0.15, -0.1) is 11.3 Å². The standard InChI is InChI=1S/C24H21ClN4O2S/c1-15-13-20(30)22(27-29(15)19-10-4-2-8-17(19)25)24(31)28-12-6-7-16(14-28)23-26-18-9-3-5-11-21(18)32-23/h2-5,8-11,13,16H,6-7,12,14H2,1H3/t16-/m1/s1. The average molecular weight is 465 g/mol. The normalized spacial score (nSPS) is 16.4. The number of carbonyl (C=O) groups excluding carboxylic acids is 1. The highest BCUT2D eigenvalue weighted by atomic mass is 35.5. The van der Waals surface area contributed by atoms with Crippen LogP contribution in [0.15, 0.2) is 59.4 Å². The fourth-order valence-corrected chi connectivity index (χ4v) is 5.45. The summed E-state index contributed by atoms with van der Waals surface area (Å²) in [6.45, 7) is 2.90. The van der Waals surface area contributed by atoms with E-state index >= 15 is 0 Å². The molecule has 3 heterocycles. The molecule has 0 saturated carbocycles. The Hall–Kier alpha value is -3.03. The molecule has 6 nitrogen and oxygen atoms in total. The minimum absolute atomic E-state index is 0.0829. The number of rotatable bonds is 3. The van der Waals surface area contributed by atoms with Crippen molar-refractivity contribution in [2.24, 2.45) is 0 Å². The first-order chi connectivity index (χ1) is 15.5. The maximum absolute atomic E-state index is 13.3. The van der Waals surface area contributed by atoms with Crippen molar-refractivity contribution in [3.8, 4) is 5.69 Å². The van der Waals surface area contributed by atoms with Gasteiger partial charge < -0.3 is 4.90 Å². The monoisotopic (exact) mass is 464 g/mol. The van der Waals surface area contributed by atoms with Crippen molar-refractivity contribution < 1.29 is 4.79 Å². The summed E-state index contributed by atoms with van der Waals surface area (Å²) < 4.78 is 2.71. The Bertz CT molecular complexity index is 1350. The molecule has 1 atom stereocenters. The van der Waals surface area contributed by atoms with Gasteiger partial charge in [-0.3, -0.25) is 9.59 Å². The molecule has 32 heavy (non-hydrogen) atoms. The average Bonchev–Trinajstić information content (AvgIpc) is 3.24. The SMILES string of the molecule is Cc1cc(=O)c(C(=O)N2CCC[C@@H](c3nc4ccccc4s3)C2)nn1-c1ccccc1Cl. The number of likely N-dealkylation sites (tertiary alicyclic amines) is 1. The highest BCUT2D eigenvalue weighted by Crippen LogP contribution is 2.33. The van der Waals surface area contributed by atoms with Gasteiger partial charge in [0.2, 0.25) is 5.43 Å². The maximum atomic E-state index is 13.3. The van der Waals surface area contributed by atoms with Gasteiger partial charge in [-0.25, -0.2) is 9.67 Å². The molecule has 1 aliphatic rings. The van der Waals surface area contributed by atoms with Crippen LogP contribution in [0.25, 0.3) is 15.9 Å². The molecule has 2 aromatic heterocycles. The number of hydrogen-bond acceptors (Lipinski definition) is 5. The second-order valence-corrected chi connectivity index (χ2v) is 9.44. The van der Waals surface area contributed by atoms with E-state index in [1.807, 2.05) is 36.4 Å². The zero-order valence-electron chi connectivity index (χ0n) is 17.5. The number of thiazole rings is 1. The second kappa shape index (κ2) is 8.48. The smallest absolute Gasteiger partial charge is 0.278 e. The van der Waals surface area contributed by atoms with Crippen LogP contribution in [0.5, 0.6) is 0 Å². The lowest BCUT2D eigenvalue weighted by Gasteiger charge is -2.31. The molecule has 0 bridgehead atoms. The molecule has 162 valence electrons. The van der Waals surface area contributed by atoms with Crippen LogP contribution >= 0.6 is 22.9 Å². The third kappa shape index (κ3) is 3.82. The van der Waals surface area contributed by atoms with E-state index in [4.69, 9.17) is 16.6 Å². The van der Waals surface area contributed by atoms with Crippen LogP contribution in [-0.4, -0.2) is 38.7 Å². The zero-order valence-corrected chi connectivity index (χ0v) is 19.1. The molecule has 5 rings (SSSR count). The van der Waals surface area contributed by atoms with E-state index in [2.05, 4.69) is 11.2 Å². The third-order valence-corrected chi connectivity index (χ3v) is 7.28. The second-order valence-electron chi connectivity index (χ2n) is 7.97. The van der Waals surface area contributed by atoms with Gasteiger partial charge in [-0.05, 0) is 44.0 Å². The van der Waals surface area contributed by atoms with E-state index in [0.717, 1.165) is 28.1 Å². The number of hydrogen-bond donors (Lipinski definition) is 0. The Kier molecular flexibility index (Phi) is 5.53. The highest BCUT2D eigenvalue weighted by Gasteiger charge is 2.29. The topological polar surface area (TPSA) is 68.1 Å². The van der Waals surface area contributed by atoms with Gasteiger partial charge in [0.1, 0.15) is 0 Å². The van der Waals surface area contributed by atoms with E-state index in [1.54, 1.807) is 33.9 Å². The van der Waals surface area contributed by atoms with Crippen LogP contribution in [-0.2, 0) is 0 Å². The van der Waals surface area contributed by atoms with Crippen LogP contribution in [0.3, 0.4) is 0 Å². The Labute approximate surface area is 194 Å². The van der Waals surface area contributed by atoms with Crippen molar-refractivity contribution in [2.75, 3.05) is 13.1 Å². The van der Waals surface area contributed by atoms with Gasteiger partial charge in [-0.1, -0.05) is 35.9 Å². The minimum atomic E-state index is -0.377. The molecule has 0 N–H and O–H groups in total. The van der Waals surface area contributed by atoms with E-state index < -0.39 is 0 Å². The summed E-state index contributed by atoms with van der Waals surface area (Å²) in [6.07, 6.45) is 1.83. The van der Waals surface area contributed by atoms with Crippen molar-refractivity contribution >= 4 is 39.1 Å². The zero-order chi connectivity index (χ0) is 22.2.